The fraction of sp³-hybridized carbons (Fsp3) is 0.233. The number of H-pyrrole nitrogens is 1. The van der Waals surface area contributed by atoms with Crippen LogP contribution in [0, 0.1) is 0 Å². The molecule has 8 nitrogen and oxygen atoms in total. The molecule has 0 radical (unpaired) electrons. The molecule has 3 aromatic carbocycles. The summed E-state index contributed by atoms with van der Waals surface area (Å²) >= 11 is 6.21. The van der Waals surface area contributed by atoms with Gasteiger partial charge in [0.2, 0.25) is 0 Å². The Balaban J connectivity index is 1.13. The second-order valence-electron chi connectivity index (χ2n) is 9.86. The number of fused-ring (bicyclic) bond motifs is 3. The molecule has 1 unspecified atom stereocenters. The van der Waals surface area contributed by atoms with Crippen LogP contribution in [0.1, 0.15) is 34.5 Å². The van der Waals surface area contributed by atoms with Gasteiger partial charge in [-0.3, -0.25) is 9.78 Å². The molecule has 5 aromatic rings. The molecule has 2 heterocycles. The molecule has 1 aliphatic carbocycles. The van der Waals surface area contributed by atoms with Gasteiger partial charge >= 0.3 is 0 Å². The summed E-state index contributed by atoms with van der Waals surface area (Å²) in [5.74, 6) is 0.354. The highest BCUT2D eigenvalue weighted by atomic mass is 35.5. The van der Waals surface area contributed by atoms with Gasteiger partial charge in [0.1, 0.15) is 11.6 Å². The van der Waals surface area contributed by atoms with Crippen LogP contribution in [0.3, 0.4) is 0 Å². The van der Waals surface area contributed by atoms with Gasteiger partial charge in [-0.05, 0) is 79.8 Å². The highest BCUT2D eigenvalue weighted by Crippen LogP contribution is 2.34. The van der Waals surface area contributed by atoms with Crippen LogP contribution in [0.5, 0.6) is 5.75 Å². The molecule has 1 amide bonds. The molecular weight excluding hydrogens is 514 g/mol. The molecule has 1 atom stereocenters. The van der Waals surface area contributed by atoms with Gasteiger partial charge in [0.15, 0.2) is 0 Å². The molecule has 6 rings (SSSR count). The maximum Gasteiger partial charge on any atom is 0.251 e. The minimum Gasteiger partial charge on any atom is -0.507 e. The number of anilines is 1. The van der Waals surface area contributed by atoms with Crippen molar-refractivity contribution in [2.75, 3.05) is 18.4 Å². The summed E-state index contributed by atoms with van der Waals surface area (Å²) in [6.45, 7) is 0.366. The van der Waals surface area contributed by atoms with E-state index in [1.165, 1.54) is 5.56 Å². The number of hydrogen-bond donors (Lipinski definition) is 5. The number of para-hydroxylation sites is 1. The van der Waals surface area contributed by atoms with E-state index in [9.17, 15) is 15.0 Å². The van der Waals surface area contributed by atoms with Gasteiger partial charge in [0.25, 0.3) is 5.91 Å². The number of hydrogen-bond acceptors (Lipinski definition) is 6. The summed E-state index contributed by atoms with van der Waals surface area (Å²) < 4.78 is 0. The van der Waals surface area contributed by atoms with Gasteiger partial charge in [0, 0.05) is 40.4 Å². The molecule has 0 saturated heterocycles. The molecule has 5 N–H and O–H groups in total. The number of aromatic hydroxyl groups is 1. The van der Waals surface area contributed by atoms with Crippen LogP contribution >= 0.6 is 11.6 Å². The van der Waals surface area contributed by atoms with Crippen LogP contribution in [0.15, 0.2) is 60.7 Å². The predicted molar refractivity (Wildman–Crippen MR) is 153 cm³/mol. The molecule has 1 aliphatic rings. The van der Waals surface area contributed by atoms with E-state index >= 15 is 0 Å². The van der Waals surface area contributed by atoms with Crippen molar-refractivity contribution in [3.05, 3.63) is 82.5 Å². The van der Waals surface area contributed by atoms with E-state index in [2.05, 4.69) is 20.6 Å². The van der Waals surface area contributed by atoms with Crippen molar-refractivity contribution in [2.24, 2.45) is 0 Å². The highest BCUT2D eigenvalue weighted by molar-refractivity contribution is 6.31. The molecule has 0 spiro atoms. The van der Waals surface area contributed by atoms with E-state index in [1.807, 2.05) is 24.3 Å². The van der Waals surface area contributed by atoms with Crippen LogP contribution in [0.4, 0.5) is 5.69 Å². The van der Waals surface area contributed by atoms with Gasteiger partial charge < -0.3 is 25.8 Å². The standard InChI is InChI=1S/C30H28ClN5O3/c31-18-10-11-21-25(14-18)34-23-7-3-1-5-20(23)28(21)32-15-19(37)16-33-30(39)17-9-12-24-26(13-17)36-29(35-24)22-6-2-4-8-27(22)38/h2,4,6,8-14,19,37-38H,1,3,5,7,15-16H2,(H,32,34)(H,33,39)(H,35,36). The van der Waals surface area contributed by atoms with Crippen molar-refractivity contribution in [1.29, 1.82) is 0 Å². The number of phenols is 1. The Bertz CT molecular complexity index is 1700. The lowest BCUT2D eigenvalue weighted by atomic mass is 9.92. The average Bonchev–Trinajstić information content (AvgIpc) is 3.37. The smallest absolute Gasteiger partial charge is 0.251 e. The lowest BCUT2D eigenvalue weighted by Gasteiger charge is -2.23. The number of carbonyl (C=O) groups is 1. The topological polar surface area (TPSA) is 123 Å². The molecule has 0 bridgehead atoms. The number of pyridine rings is 1. The van der Waals surface area contributed by atoms with E-state index in [4.69, 9.17) is 16.6 Å². The summed E-state index contributed by atoms with van der Waals surface area (Å²) in [6.07, 6.45) is 3.29. The first kappa shape index (κ1) is 25.2. The molecule has 2 aromatic heterocycles. The lowest BCUT2D eigenvalue weighted by Crippen LogP contribution is -2.36. The SMILES string of the molecule is O=C(NCC(O)CNc1c2c(nc3cc(Cl)ccc13)CCCC2)c1ccc2nc(-c3ccccc3O)[nH]c2c1. The molecule has 0 fully saturated rings. The Morgan fingerprint density at radius 2 is 1.85 bits per heavy atom. The zero-order chi connectivity index (χ0) is 26.9. The lowest BCUT2D eigenvalue weighted by molar-refractivity contribution is 0.0922. The molecule has 0 aliphatic heterocycles. The largest absolute Gasteiger partial charge is 0.507 e. The van der Waals surface area contributed by atoms with Crippen molar-refractivity contribution in [1.82, 2.24) is 20.3 Å². The van der Waals surface area contributed by atoms with Crippen LogP contribution in [-0.4, -0.2) is 50.3 Å². The minimum absolute atomic E-state index is 0.0903. The number of rotatable bonds is 7. The number of phenolic OH excluding ortho intramolecular Hbond substituents is 1. The van der Waals surface area contributed by atoms with Crippen molar-refractivity contribution < 1.29 is 15.0 Å². The first-order valence-corrected chi connectivity index (χ1v) is 13.4. The number of halogens is 1. The third-order valence-corrected chi connectivity index (χ3v) is 7.38. The number of nitrogens with zero attached hydrogens (tertiary/aromatic N) is 2. The number of imidazole rings is 1. The van der Waals surface area contributed by atoms with Crippen molar-refractivity contribution in [3.8, 4) is 17.1 Å². The summed E-state index contributed by atoms with van der Waals surface area (Å²) in [7, 11) is 0. The van der Waals surface area contributed by atoms with Crippen LogP contribution in [0.2, 0.25) is 5.02 Å². The molecular formula is C30H28ClN5O3. The highest BCUT2D eigenvalue weighted by Gasteiger charge is 2.19. The third kappa shape index (κ3) is 5.13. The zero-order valence-corrected chi connectivity index (χ0v) is 21.9. The number of carbonyl (C=O) groups excluding carboxylic acids is 1. The number of aromatic amines is 1. The summed E-state index contributed by atoms with van der Waals surface area (Å²) in [5.41, 5.74) is 6.50. The Labute approximate surface area is 230 Å². The van der Waals surface area contributed by atoms with Gasteiger partial charge in [-0.1, -0.05) is 23.7 Å². The van der Waals surface area contributed by atoms with E-state index in [0.29, 0.717) is 33.0 Å². The van der Waals surface area contributed by atoms with Crippen LogP contribution in [-0.2, 0) is 12.8 Å². The van der Waals surface area contributed by atoms with Crippen molar-refractivity contribution >= 4 is 45.1 Å². The Kier molecular flexibility index (Phi) is 6.81. The van der Waals surface area contributed by atoms with E-state index in [0.717, 1.165) is 48.0 Å². The van der Waals surface area contributed by atoms with Crippen molar-refractivity contribution in [2.45, 2.75) is 31.8 Å². The summed E-state index contributed by atoms with van der Waals surface area (Å²) in [6, 6.07) is 17.8. The van der Waals surface area contributed by atoms with E-state index in [-0.39, 0.29) is 24.7 Å². The minimum atomic E-state index is -0.799. The Morgan fingerprint density at radius 3 is 2.72 bits per heavy atom. The molecule has 39 heavy (non-hydrogen) atoms. The quantitative estimate of drug-likeness (QED) is 0.192. The third-order valence-electron chi connectivity index (χ3n) is 7.14. The first-order chi connectivity index (χ1) is 19.0. The number of nitrogens with one attached hydrogen (secondary N) is 3. The van der Waals surface area contributed by atoms with Gasteiger partial charge in [-0.25, -0.2) is 4.98 Å². The maximum atomic E-state index is 12.9. The fourth-order valence-electron chi connectivity index (χ4n) is 5.16. The van der Waals surface area contributed by atoms with E-state index in [1.54, 1.807) is 36.4 Å². The fourth-order valence-corrected chi connectivity index (χ4v) is 5.32. The Hall–Kier alpha value is -4.14. The zero-order valence-electron chi connectivity index (χ0n) is 21.2. The van der Waals surface area contributed by atoms with Crippen LogP contribution < -0.4 is 10.6 Å². The number of aryl methyl sites for hydroxylation is 1. The van der Waals surface area contributed by atoms with Gasteiger partial charge in [-0.15, -0.1) is 0 Å². The predicted octanol–water partition coefficient (Wildman–Crippen LogP) is 5.22. The monoisotopic (exact) mass is 541 g/mol. The summed E-state index contributed by atoms with van der Waals surface area (Å²) in [5, 5.41) is 28.7. The number of aliphatic hydroxyl groups excluding tert-OH is 1. The second-order valence-corrected chi connectivity index (χ2v) is 10.3. The second kappa shape index (κ2) is 10.6. The van der Waals surface area contributed by atoms with Crippen molar-refractivity contribution in [3.63, 3.8) is 0 Å². The van der Waals surface area contributed by atoms with Gasteiger partial charge in [0.05, 0.1) is 28.2 Å². The molecule has 9 heteroatoms. The number of amides is 1. The van der Waals surface area contributed by atoms with Gasteiger partial charge in [-0.2, -0.15) is 0 Å². The average molecular weight is 542 g/mol. The first-order valence-electron chi connectivity index (χ1n) is 13.1. The summed E-state index contributed by atoms with van der Waals surface area (Å²) in [4.78, 5) is 25.4. The maximum absolute atomic E-state index is 12.9. The van der Waals surface area contributed by atoms with E-state index < -0.39 is 6.10 Å². The number of aromatic nitrogens is 3. The molecule has 198 valence electrons. The van der Waals surface area contributed by atoms with Crippen LogP contribution in [0.25, 0.3) is 33.3 Å². The normalized spacial score (nSPS) is 13.8. The Morgan fingerprint density at radius 1 is 1.00 bits per heavy atom. The number of benzene rings is 3. The molecule has 0 saturated carbocycles. The number of aliphatic hydroxyl groups is 1.